The highest BCUT2D eigenvalue weighted by atomic mass is 32.1. The van der Waals surface area contributed by atoms with Gasteiger partial charge in [0.1, 0.15) is 12.4 Å². The molecule has 0 bridgehead atoms. The predicted molar refractivity (Wildman–Crippen MR) is 162 cm³/mol. The number of carbonyl (C=O) groups is 2. The molecule has 0 atom stereocenters. The SMILES string of the molecule is CCOC(=O)c1ccc2c(C(=O)c3ccc(OCCN4CCCCC4)cc3)c(-c3ccc(OC)c(OC)c3)sc2c1. The number of nitrogens with zero attached hydrogens (tertiary/aromatic N) is 1. The maximum absolute atomic E-state index is 14.1. The minimum Gasteiger partial charge on any atom is -0.493 e. The molecule has 0 saturated carbocycles. The van der Waals surface area contributed by atoms with E-state index in [2.05, 4.69) is 4.90 Å². The summed E-state index contributed by atoms with van der Waals surface area (Å²) in [6.45, 7) is 5.86. The van der Waals surface area contributed by atoms with Gasteiger partial charge in [0, 0.05) is 32.6 Å². The topological polar surface area (TPSA) is 74.3 Å². The standard InChI is InChI=1S/C33H35NO6S/c1-4-39-33(36)24-10-14-26-29(21-24)41-32(23-11-15-27(37-2)28(20-23)38-3)30(26)31(35)22-8-12-25(13-9-22)40-19-18-34-16-6-5-7-17-34/h8-15,20-21H,4-7,16-19H2,1-3H3. The van der Waals surface area contributed by atoms with Crippen LogP contribution in [0, 0.1) is 0 Å². The number of fused-ring (bicyclic) bond motifs is 1. The zero-order valence-corrected chi connectivity index (χ0v) is 24.6. The maximum atomic E-state index is 14.1. The van der Waals surface area contributed by atoms with Crippen LogP contribution in [0.2, 0.25) is 0 Å². The average molecular weight is 574 g/mol. The van der Waals surface area contributed by atoms with Gasteiger partial charge >= 0.3 is 5.97 Å². The van der Waals surface area contributed by atoms with Crippen LogP contribution < -0.4 is 14.2 Å². The van der Waals surface area contributed by atoms with Crippen LogP contribution in [0.15, 0.2) is 60.7 Å². The van der Waals surface area contributed by atoms with E-state index < -0.39 is 0 Å². The van der Waals surface area contributed by atoms with Crippen LogP contribution in [-0.2, 0) is 4.74 Å². The van der Waals surface area contributed by atoms with Crippen molar-refractivity contribution >= 4 is 33.2 Å². The van der Waals surface area contributed by atoms with Crippen molar-refractivity contribution in [2.75, 3.05) is 47.1 Å². The molecule has 1 aliphatic heterocycles. The van der Waals surface area contributed by atoms with Crippen LogP contribution in [0.3, 0.4) is 0 Å². The van der Waals surface area contributed by atoms with Crippen LogP contribution in [0.5, 0.6) is 17.2 Å². The molecule has 1 saturated heterocycles. The van der Waals surface area contributed by atoms with E-state index in [1.54, 1.807) is 33.3 Å². The van der Waals surface area contributed by atoms with E-state index in [0.29, 0.717) is 41.4 Å². The number of likely N-dealkylation sites (tertiary alicyclic amines) is 1. The number of hydrogen-bond acceptors (Lipinski definition) is 8. The quantitative estimate of drug-likeness (QED) is 0.143. The van der Waals surface area contributed by atoms with Crippen molar-refractivity contribution in [2.24, 2.45) is 0 Å². The highest BCUT2D eigenvalue weighted by Gasteiger charge is 2.23. The van der Waals surface area contributed by atoms with Crippen molar-refractivity contribution in [3.63, 3.8) is 0 Å². The summed E-state index contributed by atoms with van der Waals surface area (Å²) in [4.78, 5) is 29.7. The van der Waals surface area contributed by atoms with E-state index in [4.69, 9.17) is 18.9 Å². The molecule has 3 aromatic carbocycles. The van der Waals surface area contributed by atoms with Crippen molar-refractivity contribution < 1.29 is 28.5 Å². The lowest BCUT2D eigenvalue weighted by atomic mass is 9.97. The van der Waals surface area contributed by atoms with Crippen molar-refractivity contribution in [2.45, 2.75) is 26.2 Å². The molecule has 1 fully saturated rings. The Morgan fingerprint density at radius 1 is 0.854 bits per heavy atom. The molecule has 1 aliphatic rings. The van der Waals surface area contributed by atoms with Gasteiger partial charge in [-0.2, -0.15) is 0 Å². The highest BCUT2D eigenvalue weighted by molar-refractivity contribution is 7.22. The number of carbonyl (C=O) groups excluding carboxylic acids is 2. The first kappa shape index (κ1) is 28.6. The lowest BCUT2D eigenvalue weighted by molar-refractivity contribution is 0.0526. The molecule has 0 N–H and O–H groups in total. The second kappa shape index (κ2) is 13.2. The normalized spacial score (nSPS) is 13.6. The Kier molecular flexibility index (Phi) is 9.21. The first-order chi connectivity index (χ1) is 20.0. The Morgan fingerprint density at radius 2 is 1.59 bits per heavy atom. The molecular weight excluding hydrogens is 538 g/mol. The molecule has 214 valence electrons. The largest absolute Gasteiger partial charge is 0.493 e. The lowest BCUT2D eigenvalue weighted by Crippen LogP contribution is -2.33. The molecule has 5 rings (SSSR count). The fraction of sp³-hybridized carbons (Fsp3) is 0.333. The molecule has 0 radical (unpaired) electrons. The van der Waals surface area contributed by atoms with Gasteiger partial charge in [-0.15, -0.1) is 11.3 Å². The number of piperidine rings is 1. The summed E-state index contributed by atoms with van der Waals surface area (Å²) < 4.78 is 23.0. The van der Waals surface area contributed by atoms with Crippen LogP contribution in [0.25, 0.3) is 20.5 Å². The number of benzene rings is 3. The van der Waals surface area contributed by atoms with Crippen LogP contribution >= 0.6 is 11.3 Å². The van der Waals surface area contributed by atoms with Crippen LogP contribution in [0.1, 0.15) is 52.5 Å². The smallest absolute Gasteiger partial charge is 0.338 e. The molecular formula is C33H35NO6S. The molecule has 0 unspecified atom stereocenters. The van der Waals surface area contributed by atoms with E-state index in [-0.39, 0.29) is 11.8 Å². The third kappa shape index (κ3) is 6.39. The summed E-state index contributed by atoms with van der Waals surface area (Å²) >= 11 is 1.46. The molecule has 0 spiro atoms. The van der Waals surface area contributed by atoms with E-state index in [1.807, 2.05) is 48.5 Å². The lowest BCUT2D eigenvalue weighted by Gasteiger charge is -2.26. The average Bonchev–Trinajstić information content (AvgIpc) is 3.40. The molecule has 1 aromatic heterocycles. The molecule has 0 aliphatic carbocycles. The number of ketones is 1. The van der Waals surface area contributed by atoms with Crippen LogP contribution in [0.4, 0.5) is 0 Å². The number of rotatable bonds is 11. The second-order valence-corrected chi connectivity index (χ2v) is 11.0. The first-order valence-electron chi connectivity index (χ1n) is 14.0. The fourth-order valence-corrected chi connectivity index (χ4v) is 6.40. The van der Waals surface area contributed by atoms with E-state index in [0.717, 1.165) is 45.9 Å². The van der Waals surface area contributed by atoms with Crippen molar-refractivity contribution in [1.82, 2.24) is 4.90 Å². The van der Waals surface area contributed by atoms with Gasteiger partial charge in [0.15, 0.2) is 17.3 Å². The Hall–Kier alpha value is -3.88. The van der Waals surface area contributed by atoms with Gasteiger partial charge in [-0.1, -0.05) is 12.5 Å². The third-order valence-corrected chi connectivity index (χ3v) is 8.52. The molecule has 7 nitrogen and oxygen atoms in total. The van der Waals surface area contributed by atoms with Gasteiger partial charge in [0.05, 0.1) is 26.4 Å². The Balaban J connectivity index is 1.46. The van der Waals surface area contributed by atoms with Gasteiger partial charge in [0.2, 0.25) is 0 Å². The van der Waals surface area contributed by atoms with Gasteiger partial charge in [-0.25, -0.2) is 4.79 Å². The summed E-state index contributed by atoms with van der Waals surface area (Å²) in [7, 11) is 3.17. The molecule has 41 heavy (non-hydrogen) atoms. The molecule has 0 amide bonds. The van der Waals surface area contributed by atoms with Gasteiger partial charge in [-0.3, -0.25) is 9.69 Å². The summed E-state index contributed by atoms with van der Waals surface area (Å²) in [5.74, 6) is 1.42. The summed E-state index contributed by atoms with van der Waals surface area (Å²) in [6, 6.07) is 18.3. The summed E-state index contributed by atoms with van der Waals surface area (Å²) in [5, 5.41) is 0.777. The number of thiophene rings is 1. The van der Waals surface area contributed by atoms with Gasteiger partial charge in [0.25, 0.3) is 0 Å². The van der Waals surface area contributed by atoms with Crippen molar-refractivity contribution in [1.29, 1.82) is 0 Å². The summed E-state index contributed by atoms with van der Waals surface area (Å²) in [5.41, 5.74) is 2.41. The van der Waals surface area contributed by atoms with Gasteiger partial charge < -0.3 is 18.9 Å². The van der Waals surface area contributed by atoms with Crippen LogP contribution in [-0.4, -0.2) is 63.7 Å². The van der Waals surface area contributed by atoms with Crippen molar-refractivity contribution in [3.05, 3.63) is 77.4 Å². The minimum atomic E-state index is -0.390. The predicted octanol–water partition coefficient (Wildman–Crippen LogP) is 6.86. The zero-order chi connectivity index (χ0) is 28.8. The number of ether oxygens (including phenoxy) is 4. The number of hydrogen-bond donors (Lipinski definition) is 0. The Morgan fingerprint density at radius 3 is 2.29 bits per heavy atom. The maximum Gasteiger partial charge on any atom is 0.338 e. The molecule has 2 heterocycles. The summed E-state index contributed by atoms with van der Waals surface area (Å²) in [6.07, 6.45) is 3.82. The number of methoxy groups -OCH3 is 2. The van der Waals surface area contributed by atoms with E-state index in [9.17, 15) is 9.59 Å². The first-order valence-corrected chi connectivity index (χ1v) is 14.8. The molecule has 4 aromatic rings. The highest BCUT2D eigenvalue weighted by Crippen LogP contribution is 2.43. The number of esters is 1. The third-order valence-electron chi connectivity index (χ3n) is 7.32. The minimum absolute atomic E-state index is 0.107. The Labute approximate surface area is 244 Å². The zero-order valence-electron chi connectivity index (χ0n) is 23.7. The second-order valence-electron chi connectivity index (χ2n) is 9.91. The van der Waals surface area contributed by atoms with E-state index in [1.165, 1.54) is 30.6 Å². The Bertz CT molecular complexity index is 1520. The fourth-order valence-electron chi connectivity index (χ4n) is 5.17. The van der Waals surface area contributed by atoms with Gasteiger partial charge in [-0.05, 0) is 93.0 Å². The van der Waals surface area contributed by atoms with Crippen molar-refractivity contribution in [3.8, 4) is 27.7 Å². The monoisotopic (exact) mass is 573 g/mol. The van der Waals surface area contributed by atoms with E-state index >= 15 is 0 Å². The molecule has 8 heteroatoms.